The van der Waals surface area contributed by atoms with Gasteiger partial charge in [0.1, 0.15) is 0 Å². The third-order valence-corrected chi connectivity index (χ3v) is 3.71. The van der Waals surface area contributed by atoms with Gasteiger partial charge in [-0.25, -0.2) is 4.98 Å². The zero-order valence-corrected chi connectivity index (χ0v) is 13.9. The van der Waals surface area contributed by atoms with E-state index >= 15 is 0 Å². The van der Waals surface area contributed by atoms with Crippen LogP contribution in [0.15, 0.2) is 42.5 Å². The van der Waals surface area contributed by atoms with Crippen LogP contribution in [0.3, 0.4) is 0 Å². The van der Waals surface area contributed by atoms with E-state index in [1.165, 1.54) is 6.07 Å². The quantitative estimate of drug-likeness (QED) is 0.462. The summed E-state index contributed by atoms with van der Waals surface area (Å²) in [5.74, 6) is 0.377. The maximum atomic E-state index is 11.5. The van der Waals surface area contributed by atoms with Gasteiger partial charge in [-0.15, -0.1) is 0 Å². The number of benzene rings is 1. The normalized spacial score (nSPS) is 12.2. The molecule has 0 aliphatic heterocycles. The van der Waals surface area contributed by atoms with Crippen molar-refractivity contribution in [2.24, 2.45) is 0 Å². The molecule has 0 saturated heterocycles. The zero-order chi connectivity index (χ0) is 17.0. The molecule has 2 rings (SSSR count). The summed E-state index contributed by atoms with van der Waals surface area (Å²) in [6.07, 6.45) is 0.764. The summed E-state index contributed by atoms with van der Waals surface area (Å²) < 4.78 is 0. The first kappa shape index (κ1) is 16.9. The predicted molar refractivity (Wildman–Crippen MR) is 92.0 cm³/mol. The molecule has 1 heterocycles. The summed E-state index contributed by atoms with van der Waals surface area (Å²) in [6, 6.07) is 12.9. The van der Waals surface area contributed by atoms with E-state index in [4.69, 9.17) is 0 Å². The largest absolute Gasteiger partial charge is 0.312 e. The molecule has 0 N–H and O–H groups in total. The first-order chi connectivity index (χ1) is 11.0. The molecule has 1 aromatic heterocycles. The third-order valence-electron chi connectivity index (χ3n) is 3.71. The minimum absolute atomic E-state index is 0.0137. The van der Waals surface area contributed by atoms with Crippen LogP contribution in [-0.4, -0.2) is 35.1 Å². The molecule has 0 aliphatic carbocycles. The number of hydrogen-bond donors (Lipinski definition) is 0. The molecule has 1 aromatic carbocycles. The van der Waals surface area contributed by atoms with Crippen molar-refractivity contribution >= 4 is 17.2 Å². The summed E-state index contributed by atoms with van der Waals surface area (Å²) in [4.78, 5) is 19.6. The zero-order valence-electron chi connectivity index (χ0n) is 13.9. The Morgan fingerprint density at radius 1 is 1.17 bits per heavy atom. The molecular formula is C17H22N4O2. The fraction of sp³-hybridized carbons (Fsp3) is 0.353. The number of anilines is 2. The lowest BCUT2D eigenvalue weighted by molar-refractivity contribution is -0.384. The fourth-order valence-electron chi connectivity index (χ4n) is 2.66. The van der Waals surface area contributed by atoms with Gasteiger partial charge in [0.25, 0.3) is 0 Å². The standard InChI is InChI=1S/C17H22N4O2/c1-5-16(19(3)4)20(14-9-7-6-8-10-14)17-15(21(22)23)12-11-13(2)18-17/h6-12,16H,5H2,1-4H3. The highest BCUT2D eigenvalue weighted by Gasteiger charge is 2.29. The Bertz CT molecular complexity index is 674. The Kier molecular flexibility index (Phi) is 5.28. The number of hydrogen-bond acceptors (Lipinski definition) is 5. The number of aryl methyl sites for hydroxylation is 1. The summed E-state index contributed by atoms with van der Waals surface area (Å²) in [5, 5.41) is 11.5. The van der Waals surface area contributed by atoms with Crippen LogP contribution >= 0.6 is 0 Å². The van der Waals surface area contributed by atoms with Crippen LogP contribution in [0.1, 0.15) is 19.0 Å². The maximum Gasteiger partial charge on any atom is 0.312 e. The highest BCUT2D eigenvalue weighted by Crippen LogP contribution is 2.35. The molecule has 2 aromatic rings. The van der Waals surface area contributed by atoms with Crippen molar-refractivity contribution in [2.75, 3.05) is 19.0 Å². The van der Waals surface area contributed by atoms with Crippen LogP contribution < -0.4 is 4.90 Å². The summed E-state index contributed by atoms with van der Waals surface area (Å²) in [5.41, 5.74) is 1.65. The van der Waals surface area contributed by atoms with Gasteiger partial charge in [-0.2, -0.15) is 0 Å². The van der Waals surface area contributed by atoms with Gasteiger partial charge in [-0.3, -0.25) is 15.0 Å². The predicted octanol–water partition coefficient (Wildman–Crippen LogP) is 3.73. The third kappa shape index (κ3) is 3.65. The van der Waals surface area contributed by atoms with Crippen LogP contribution in [0.4, 0.5) is 17.2 Å². The van der Waals surface area contributed by atoms with E-state index in [0.29, 0.717) is 5.82 Å². The molecule has 6 nitrogen and oxygen atoms in total. The Morgan fingerprint density at radius 3 is 2.35 bits per heavy atom. The second-order valence-corrected chi connectivity index (χ2v) is 5.61. The minimum Gasteiger partial charge on any atom is -0.304 e. The van der Waals surface area contributed by atoms with E-state index in [1.54, 1.807) is 6.07 Å². The second-order valence-electron chi connectivity index (χ2n) is 5.61. The molecule has 23 heavy (non-hydrogen) atoms. The molecule has 0 bridgehead atoms. The van der Waals surface area contributed by atoms with Gasteiger partial charge in [0.2, 0.25) is 5.82 Å². The van der Waals surface area contributed by atoms with Crippen molar-refractivity contribution in [3.05, 3.63) is 58.3 Å². The highest BCUT2D eigenvalue weighted by molar-refractivity contribution is 5.69. The molecular weight excluding hydrogens is 292 g/mol. The van der Waals surface area contributed by atoms with Crippen LogP contribution in [0.25, 0.3) is 0 Å². The number of pyridine rings is 1. The van der Waals surface area contributed by atoms with Gasteiger partial charge in [0.15, 0.2) is 0 Å². The lowest BCUT2D eigenvalue weighted by Crippen LogP contribution is -2.42. The highest BCUT2D eigenvalue weighted by atomic mass is 16.6. The molecule has 1 unspecified atom stereocenters. The fourth-order valence-corrected chi connectivity index (χ4v) is 2.66. The van der Waals surface area contributed by atoms with Crippen LogP contribution in [0.2, 0.25) is 0 Å². The number of nitro groups is 1. The van der Waals surface area contributed by atoms with E-state index in [0.717, 1.165) is 17.8 Å². The second kappa shape index (κ2) is 7.19. The van der Waals surface area contributed by atoms with Gasteiger partial charge in [-0.05, 0) is 45.6 Å². The minimum atomic E-state index is -0.375. The van der Waals surface area contributed by atoms with Crippen molar-refractivity contribution < 1.29 is 4.92 Å². The van der Waals surface area contributed by atoms with Crippen molar-refractivity contribution in [1.82, 2.24) is 9.88 Å². The van der Waals surface area contributed by atoms with E-state index in [1.807, 2.05) is 61.2 Å². The molecule has 0 aliphatic rings. The topological polar surface area (TPSA) is 62.5 Å². The molecule has 0 saturated carbocycles. The Hall–Kier alpha value is -2.47. The molecule has 1 atom stereocenters. The Balaban J connectivity index is 2.67. The average molecular weight is 314 g/mol. The van der Waals surface area contributed by atoms with E-state index < -0.39 is 0 Å². The van der Waals surface area contributed by atoms with Crippen molar-refractivity contribution in [3.8, 4) is 0 Å². The maximum absolute atomic E-state index is 11.5. The van der Waals surface area contributed by atoms with Crippen molar-refractivity contribution in [3.63, 3.8) is 0 Å². The number of rotatable bonds is 6. The van der Waals surface area contributed by atoms with E-state index in [-0.39, 0.29) is 16.8 Å². The van der Waals surface area contributed by atoms with Crippen LogP contribution in [-0.2, 0) is 0 Å². The molecule has 0 amide bonds. The summed E-state index contributed by atoms with van der Waals surface area (Å²) >= 11 is 0. The van der Waals surface area contributed by atoms with Crippen LogP contribution in [0, 0.1) is 17.0 Å². The van der Waals surface area contributed by atoms with Crippen LogP contribution in [0.5, 0.6) is 0 Å². The monoisotopic (exact) mass is 314 g/mol. The van der Waals surface area contributed by atoms with Gasteiger partial charge in [-0.1, -0.05) is 25.1 Å². The lowest BCUT2D eigenvalue weighted by Gasteiger charge is -2.36. The summed E-state index contributed by atoms with van der Waals surface area (Å²) in [7, 11) is 3.93. The Morgan fingerprint density at radius 2 is 1.83 bits per heavy atom. The Labute approximate surface area is 136 Å². The lowest BCUT2D eigenvalue weighted by atomic mass is 10.2. The molecule has 0 fully saturated rings. The van der Waals surface area contributed by atoms with E-state index in [2.05, 4.69) is 11.9 Å². The van der Waals surface area contributed by atoms with E-state index in [9.17, 15) is 10.1 Å². The molecule has 6 heteroatoms. The smallest absolute Gasteiger partial charge is 0.304 e. The van der Waals surface area contributed by atoms with Gasteiger partial charge < -0.3 is 4.90 Å². The molecule has 0 radical (unpaired) electrons. The number of aromatic nitrogens is 1. The average Bonchev–Trinajstić information content (AvgIpc) is 2.52. The van der Waals surface area contributed by atoms with Gasteiger partial charge in [0, 0.05) is 17.4 Å². The van der Waals surface area contributed by atoms with Gasteiger partial charge >= 0.3 is 5.69 Å². The molecule has 0 spiro atoms. The molecule has 122 valence electrons. The summed E-state index contributed by atoms with van der Waals surface area (Å²) in [6.45, 7) is 3.90. The van der Waals surface area contributed by atoms with Crippen molar-refractivity contribution in [2.45, 2.75) is 26.4 Å². The number of nitrogens with zero attached hydrogens (tertiary/aromatic N) is 4. The first-order valence-electron chi connectivity index (χ1n) is 7.58. The number of para-hydroxylation sites is 1. The van der Waals surface area contributed by atoms with Gasteiger partial charge in [0.05, 0.1) is 11.1 Å². The first-order valence-corrected chi connectivity index (χ1v) is 7.58. The van der Waals surface area contributed by atoms with Crippen molar-refractivity contribution in [1.29, 1.82) is 0 Å². The SMILES string of the molecule is CCC(N(C)C)N(c1ccccc1)c1nc(C)ccc1[N+](=O)[O-].